The number of benzene rings is 1. The molecule has 0 spiro atoms. The zero-order valence-electron chi connectivity index (χ0n) is 15.8. The van der Waals surface area contributed by atoms with Gasteiger partial charge in [-0.2, -0.15) is 0 Å². The number of rotatable bonds is 6. The maximum atomic E-state index is 10.7. The molecule has 29 heavy (non-hydrogen) atoms. The van der Waals surface area contributed by atoms with Gasteiger partial charge in [0.2, 0.25) is 5.89 Å². The van der Waals surface area contributed by atoms with Crippen molar-refractivity contribution in [3.63, 3.8) is 0 Å². The van der Waals surface area contributed by atoms with Gasteiger partial charge in [0, 0.05) is 42.3 Å². The van der Waals surface area contributed by atoms with E-state index in [0.29, 0.717) is 34.2 Å². The largest absolute Gasteiger partial charge is 0.468 e. The molecule has 0 unspecified atom stereocenters. The maximum absolute atomic E-state index is 10.7. The number of ether oxygens (including phenoxy) is 1. The number of aryl methyl sites for hydroxylation is 1. The molecule has 1 N–H and O–H groups in total. The minimum Gasteiger partial charge on any atom is -0.468 e. The van der Waals surface area contributed by atoms with Crippen molar-refractivity contribution in [3.05, 3.63) is 52.0 Å². The fourth-order valence-electron chi connectivity index (χ4n) is 2.26. The predicted octanol–water partition coefficient (Wildman–Crippen LogP) is 3.08. The number of nitrogens with zero attached hydrogens (tertiary/aromatic N) is 6. The standard InChI is InChI=1S/C17H17N7O4S/c1-10-19-8-12(14(20-10)21-16(18-2)27-3)9-29-17-23-22-15(28-17)11-4-6-13(7-5-11)24(25)26/h4-8H,9H2,1-3H3,(H,18,19,20,21). The quantitative estimate of drug-likeness (QED) is 0.210. The highest BCUT2D eigenvalue weighted by Gasteiger charge is 2.14. The molecule has 11 nitrogen and oxygen atoms in total. The lowest BCUT2D eigenvalue weighted by Gasteiger charge is -2.11. The van der Waals surface area contributed by atoms with Crippen LogP contribution in [-0.2, 0) is 10.5 Å². The number of non-ortho nitro benzene ring substituents is 1. The van der Waals surface area contributed by atoms with Gasteiger partial charge < -0.3 is 9.15 Å². The third kappa shape index (κ3) is 5.04. The van der Waals surface area contributed by atoms with Crippen LogP contribution < -0.4 is 5.32 Å². The number of anilines is 1. The summed E-state index contributed by atoms with van der Waals surface area (Å²) in [5.74, 6) is 1.92. The summed E-state index contributed by atoms with van der Waals surface area (Å²) in [4.78, 5) is 22.9. The smallest absolute Gasteiger partial charge is 0.289 e. The molecule has 0 bridgehead atoms. The van der Waals surface area contributed by atoms with Crippen LogP contribution in [0.4, 0.5) is 11.5 Å². The third-order valence-corrected chi connectivity index (χ3v) is 4.56. The fourth-order valence-corrected chi connectivity index (χ4v) is 2.98. The molecule has 0 aliphatic rings. The van der Waals surface area contributed by atoms with E-state index in [0.717, 1.165) is 5.56 Å². The van der Waals surface area contributed by atoms with Crippen LogP contribution in [0, 0.1) is 17.0 Å². The molecule has 0 aliphatic carbocycles. The van der Waals surface area contributed by atoms with E-state index in [4.69, 9.17) is 9.15 Å². The zero-order chi connectivity index (χ0) is 20.8. The lowest BCUT2D eigenvalue weighted by Crippen LogP contribution is -2.16. The molecule has 0 radical (unpaired) electrons. The second-order valence-electron chi connectivity index (χ2n) is 5.61. The highest BCUT2D eigenvalue weighted by atomic mass is 32.2. The molecule has 2 aromatic heterocycles. The molecule has 12 heteroatoms. The number of aliphatic imine (C=N–C) groups is 1. The van der Waals surface area contributed by atoms with E-state index in [9.17, 15) is 10.1 Å². The van der Waals surface area contributed by atoms with Crippen molar-refractivity contribution in [2.75, 3.05) is 19.5 Å². The van der Waals surface area contributed by atoms with E-state index < -0.39 is 4.92 Å². The van der Waals surface area contributed by atoms with Gasteiger partial charge in [-0.05, 0) is 19.1 Å². The number of hydrogen-bond acceptors (Lipinski definition) is 10. The molecule has 1 aromatic carbocycles. The predicted molar refractivity (Wildman–Crippen MR) is 107 cm³/mol. The van der Waals surface area contributed by atoms with Crippen molar-refractivity contribution in [1.29, 1.82) is 0 Å². The summed E-state index contributed by atoms with van der Waals surface area (Å²) in [6, 6.07) is 6.22. The first-order valence-corrected chi connectivity index (χ1v) is 9.30. The number of aromatic nitrogens is 4. The lowest BCUT2D eigenvalue weighted by molar-refractivity contribution is -0.384. The Bertz CT molecular complexity index is 1040. The third-order valence-electron chi connectivity index (χ3n) is 3.69. The van der Waals surface area contributed by atoms with Crippen LogP contribution in [0.15, 0.2) is 45.1 Å². The van der Waals surface area contributed by atoms with Gasteiger partial charge in [0.1, 0.15) is 11.6 Å². The topological polar surface area (TPSA) is 141 Å². The van der Waals surface area contributed by atoms with Crippen LogP contribution in [-0.4, -0.2) is 45.3 Å². The summed E-state index contributed by atoms with van der Waals surface area (Å²) < 4.78 is 10.8. The highest BCUT2D eigenvalue weighted by Crippen LogP contribution is 2.28. The van der Waals surface area contributed by atoms with Crippen molar-refractivity contribution in [3.8, 4) is 11.5 Å². The Balaban J connectivity index is 1.72. The molecular weight excluding hydrogens is 398 g/mol. The van der Waals surface area contributed by atoms with E-state index in [2.05, 4.69) is 30.5 Å². The Morgan fingerprint density at radius 2 is 2.10 bits per heavy atom. The molecule has 0 amide bonds. The number of hydrogen-bond donors (Lipinski definition) is 1. The van der Waals surface area contributed by atoms with E-state index in [-0.39, 0.29) is 11.6 Å². The summed E-state index contributed by atoms with van der Waals surface area (Å²) in [6.07, 6.45) is 1.70. The van der Waals surface area contributed by atoms with Gasteiger partial charge in [-0.3, -0.25) is 15.4 Å². The van der Waals surface area contributed by atoms with Gasteiger partial charge in [0.15, 0.2) is 0 Å². The van der Waals surface area contributed by atoms with Gasteiger partial charge in [-0.25, -0.2) is 15.0 Å². The number of thioether (sulfide) groups is 1. The Morgan fingerprint density at radius 1 is 1.34 bits per heavy atom. The monoisotopic (exact) mass is 415 g/mol. The van der Waals surface area contributed by atoms with Crippen molar-refractivity contribution < 1.29 is 14.1 Å². The highest BCUT2D eigenvalue weighted by molar-refractivity contribution is 7.98. The number of nitro groups is 1. The molecular formula is C17H17N7O4S. The average molecular weight is 415 g/mol. The van der Waals surface area contributed by atoms with E-state index >= 15 is 0 Å². The Hall–Kier alpha value is -3.54. The Kier molecular flexibility index (Phi) is 6.34. The minimum absolute atomic E-state index is 0.00619. The summed E-state index contributed by atoms with van der Waals surface area (Å²) in [5.41, 5.74) is 1.39. The molecule has 2 heterocycles. The minimum atomic E-state index is -0.466. The molecule has 3 aromatic rings. The number of nitrogens with one attached hydrogen (secondary N) is 1. The Morgan fingerprint density at radius 3 is 2.76 bits per heavy atom. The van der Waals surface area contributed by atoms with Crippen molar-refractivity contribution in [1.82, 2.24) is 20.2 Å². The van der Waals surface area contributed by atoms with E-state index in [1.165, 1.54) is 31.0 Å². The molecule has 0 saturated heterocycles. The molecule has 3 rings (SSSR count). The van der Waals surface area contributed by atoms with Crippen LogP contribution in [0.1, 0.15) is 11.4 Å². The fraction of sp³-hybridized carbons (Fsp3) is 0.235. The van der Waals surface area contributed by atoms with E-state index in [1.54, 1.807) is 32.3 Å². The number of amidine groups is 1. The van der Waals surface area contributed by atoms with Crippen LogP contribution in [0.2, 0.25) is 0 Å². The van der Waals surface area contributed by atoms with Crippen molar-refractivity contribution >= 4 is 29.3 Å². The lowest BCUT2D eigenvalue weighted by atomic mass is 10.2. The van der Waals surface area contributed by atoms with Crippen molar-refractivity contribution in [2.24, 2.45) is 4.99 Å². The van der Waals surface area contributed by atoms with Crippen LogP contribution in [0.5, 0.6) is 0 Å². The normalized spacial score (nSPS) is 11.3. The second kappa shape index (κ2) is 9.10. The molecule has 0 atom stereocenters. The van der Waals surface area contributed by atoms with E-state index in [1.807, 2.05) is 0 Å². The maximum Gasteiger partial charge on any atom is 0.289 e. The zero-order valence-corrected chi connectivity index (χ0v) is 16.6. The van der Waals surface area contributed by atoms with Crippen LogP contribution in [0.3, 0.4) is 0 Å². The molecule has 0 fully saturated rings. The Labute approximate surface area is 169 Å². The first-order chi connectivity index (χ1) is 14.0. The van der Waals surface area contributed by atoms with Crippen molar-refractivity contribution in [2.45, 2.75) is 17.9 Å². The SMILES string of the molecule is CN=C(Nc1nc(C)ncc1CSc1nnc(-c2ccc([N+](=O)[O-])cc2)o1)OC. The number of nitro benzene ring substituents is 1. The summed E-state index contributed by atoms with van der Waals surface area (Å²) >= 11 is 1.31. The van der Waals surface area contributed by atoms with Crippen LogP contribution >= 0.6 is 11.8 Å². The first-order valence-electron chi connectivity index (χ1n) is 8.31. The van der Waals surface area contributed by atoms with Gasteiger partial charge in [-0.1, -0.05) is 11.8 Å². The first kappa shape index (κ1) is 20.2. The van der Waals surface area contributed by atoms with Crippen LogP contribution in [0.25, 0.3) is 11.5 Å². The molecule has 150 valence electrons. The van der Waals surface area contributed by atoms with Gasteiger partial charge in [0.05, 0.1) is 12.0 Å². The number of methoxy groups -OCH3 is 1. The molecule has 0 aliphatic heterocycles. The summed E-state index contributed by atoms with van der Waals surface area (Å²) in [5, 5.41) is 22.1. The van der Waals surface area contributed by atoms with Gasteiger partial charge in [0.25, 0.3) is 16.9 Å². The second-order valence-corrected chi connectivity index (χ2v) is 6.54. The molecule has 0 saturated carbocycles. The summed E-state index contributed by atoms with van der Waals surface area (Å²) in [6.45, 7) is 1.78. The average Bonchev–Trinajstić information content (AvgIpc) is 3.20. The van der Waals surface area contributed by atoms with Gasteiger partial charge in [-0.15, -0.1) is 10.2 Å². The van der Waals surface area contributed by atoms with Gasteiger partial charge >= 0.3 is 0 Å². The summed E-state index contributed by atoms with van der Waals surface area (Å²) in [7, 11) is 3.11.